The zero-order chi connectivity index (χ0) is 28.8. The Balaban J connectivity index is 0.000000162. The lowest BCUT2D eigenvalue weighted by Gasteiger charge is -2.59. The minimum Gasteiger partial charge on any atom is -0.481 e. The molecule has 0 aliphatic carbocycles. The number of piperazine rings is 2. The summed E-state index contributed by atoms with van der Waals surface area (Å²) in [5.74, 6) is 0.737. The molecule has 8 nitrogen and oxygen atoms in total. The molecule has 0 aromatic carbocycles. The van der Waals surface area contributed by atoms with Crippen molar-refractivity contribution < 1.29 is 4.74 Å². The molecule has 6 rings (SSSR count). The fourth-order valence-corrected chi connectivity index (χ4v) is 6.82. The van der Waals surface area contributed by atoms with Gasteiger partial charge in [-0.1, -0.05) is 0 Å². The van der Waals surface area contributed by atoms with Crippen molar-refractivity contribution in [2.75, 3.05) is 33.3 Å². The Kier molecular flexibility index (Phi) is 8.28. The number of rotatable bonds is 5. The van der Waals surface area contributed by atoms with Gasteiger partial charge in [0.15, 0.2) is 0 Å². The van der Waals surface area contributed by atoms with Crippen LogP contribution in [-0.2, 0) is 13.1 Å². The van der Waals surface area contributed by atoms with E-state index >= 15 is 0 Å². The number of hydrogen-bond donors (Lipinski definition) is 0. The maximum Gasteiger partial charge on any atom is 0.215 e. The first-order valence-electron chi connectivity index (χ1n) is 15.1. The van der Waals surface area contributed by atoms with Gasteiger partial charge in [-0.2, -0.15) is 10.2 Å². The van der Waals surface area contributed by atoms with E-state index in [-0.39, 0.29) is 0 Å². The van der Waals surface area contributed by atoms with Crippen molar-refractivity contribution in [3.8, 4) is 5.88 Å². The van der Waals surface area contributed by atoms with Crippen molar-refractivity contribution >= 4 is 0 Å². The molecule has 0 N–H and O–H groups in total. The number of fused-ring (bicyclic) bond motifs is 4. The Labute approximate surface area is 242 Å². The first-order valence-corrected chi connectivity index (χ1v) is 15.1. The summed E-state index contributed by atoms with van der Waals surface area (Å²) in [5, 5.41) is 8.44. The summed E-state index contributed by atoms with van der Waals surface area (Å²) >= 11 is 0. The smallest absolute Gasteiger partial charge is 0.215 e. The molecule has 0 radical (unpaired) electrons. The Morgan fingerprint density at radius 2 is 1.30 bits per heavy atom. The van der Waals surface area contributed by atoms with Gasteiger partial charge in [0.05, 0.1) is 18.5 Å². The second kappa shape index (κ2) is 11.3. The van der Waals surface area contributed by atoms with Gasteiger partial charge in [-0.3, -0.25) is 19.6 Å². The van der Waals surface area contributed by atoms with E-state index in [1.807, 2.05) is 13.1 Å². The minimum absolute atomic E-state index is 0.293. The van der Waals surface area contributed by atoms with Crippen LogP contribution < -0.4 is 4.74 Å². The van der Waals surface area contributed by atoms with Crippen LogP contribution in [-0.4, -0.2) is 103 Å². The fraction of sp³-hybridized carbons (Fsp3) is 0.719. The molecule has 220 valence electrons. The summed E-state index contributed by atoms with van der Waals surface area (Å²) in [7, 11) is 1.68. The highest BCUT2D eigenvalue weighted by Crippen LogP contribution is 2.37. The van der Waals surface area contributed by atoms with E-state index in [9.17, 15) is 0 Å². The summed E-state index contributed by atoms with van der Waals surface area (Å²) in [4.78, 5) is 14.9. The van der Waals surface area contributed by atoms with E-state index in [0.717, 1.165) is 35.9 Å². The zero-order valence-corrected chi connectivity index (χ0v) is 26.3. The molecule has 40 heavy (non-hydrogen) atoms. The summed E-state index contributed by atoms with van der Waals surface area (Å²) in [5.41, 5.74) is 5.11. The third kappa shape index (κ3) is 6.35. The number of hydrogen-bond acceptors (Lipinski definition) is 8. The molecule has 0 saturated carbocycles. The summed E-state index contributed by atoms with van der Waals surface area (Å²) in [6, 6.07) is 9.22. The Morgan fingerprint density at radius 1 is 0.775 bits per heavy atom. The maximum atomic E-state index is 5.24. The highest BCUT2D eigenvalue weighted by atomic mass is 16.5. The predicted molar refractivity (Wildman–Crippen MR) is 160 cm³/mol. The lowest BCUT2D eigenvalue weighted by atomic mass is 9.84. The summed E-state index contributed by atoms with van der Waals surface area (Å²) < 4.78 is 5.24. The number of likely N-dealkylation sites (tertiary alicyclic amines) is 4. The second-order valence-corrected chi connectivity index (χ2v) is 14.4. The van der Waals surface area contributed by atoms with Gasteiger partial charge in [0, 0.05) is 86.3 Å². The second-order valence-electron chi connectivity index (χ2n) is 14.4. The minimum atomic E-state index is 0.293. The van der Waals surface area contributed by atoms with Crippen LogP contribution in [0.1, 0.15) is 76.9 Å². The van der Waals surface area contributed by atoms with Gasteiger partial charge in [0.1, 0.15) is 0 Å². The molecule has 4 fully saturated rings. The summed E-state index contributed by atoms with van der Waals surface area (Å²) in [6.45, 7) is 24.7. The molecular weight excluding hydrogens is 498 g/mol. The van der Waals surface area contributed by atoms with Gasteiger partial charge in [-0.15, -0.1) is 0 Å². The zero-order valence-electron chi connectivity index (χ0n) is 26.3. The SMILES string of the molecule is COc1ncc(CN2C3CC2CN(C(C)(C)C)C3)cc1C.Cc1ccc(CN2C3CC2CN(C(C)(C)C)C3)nn1. The standard InChI is InChI=1S/C17H27N3O.C15H24N4/c1-12-6-13(8-18-16(12)21-5)9-20-14-7-15(20)11-19(10-14)17(2,3)4;1-11-5-6-12(17-16-11)8-19-13-7-14(19)10-18(9-13)15(2,3)4/h6,8,14-15H,7,9-11H2,1-5H3;5-6,13-14H,7-10H2,1-4H3. The molecule has 2 aromatic rings. The molecule has 4 aliphatic heterocycles. The van der Waals surface area contributed by atoms with Crippen LogP contribution in [0, 0.1) is 13.8 Å². The third-order valence-corrected chi connectivity index (χ3v) is 9.43. The van der Waals surface area contributed by atoms with Crippen LogP contribution in [0.4, 0.5) is 0 Å². The van der Waals surface area contributed by atoms with Crippen molar-refractivity contribution in [3.63, 3.8) is 0 Å². The monoisotopic (exact) mass is 549 g/mol. The molecule has 6 heterocycles. The van der Waals surface area contributed by atoms with E-state index in [0.29, 0.717) is 35.2 Å². The first-order chi connectivity index (χ1) is 18.8. The number of pyridine rings is 1. The highest BCUT2D eigenvalue weighted by Gasteiger charge is 2.47. The Hall–Kier alpha value is -2.13. The molecule has 4 unspecified atom stereocenters. The van der Waals surface area contributed by atoms with E-state index in [1.165, 1.54) is 44.6 Å². The molecular formula is C32H51N7O. The highest BCUT2D eigenvalue weighted by molar-refractivity contribution is 5.29. The van der Waals surface area contributed by atoms with Crippen molar-refractivity contribution in [2.45, 2.75) is 117 Å². The van der Waals surface area contributed by atoms with Crippen molar-refractivity contribution in [2.24, 2.45) is 0 Å². The number of methoxy groups -OCH3 is 1. The van der Waals surface area contributed by atoms with Crippen LogP contribution in [0.15, 0.2) is 24.4 Å². The lowest BCUT2D eigenvalue weighted by Crippen LogP contribution is -2.70. The van der Waals surface area contributed by atoms with E-state index in [4.69, 9.17) is 4.74 Å². The number of ether oxygens (including phenoxy) is 1. The van der Waals surface area contributed by atoms with Crippen LogP contribution in [0.3, 0.4) is 0 Å². The largest absolute Gasteiger partial charge is 0.481 e. The van der Waals surface area contributed by atoms with Crippen molar-refractivity contribution in [1.29, 1.82) is 0 Å². The van der Waals surface area contributed by atoms with E-state index in [2.05, 4.69) is 101 Å². The average Bonchev–Trinajstić information content (AvgIpc) is 2.91. The van der Waals surface area contributed by atoms with Gasteiger partial charge in [-0.25, -0.2) is 4.98 Å². The van der Waals surface area contributed by atoms with Crippen LogP contribution in [0.5, 0.6) is 5.88 Å². The number of aryl methyl sites for hydroxylation is 2. The van der Waals surface area contributed by atoms with Crippen molar-refractivity contribution in [3.05, 3.63) is 46.9 Å². The quantitative estimate of drug-likeness (QED) is 0.547. The van der Waals surface area contributed by atoms with Gasteiger partial charge in [0.2, 0.25) is 5.88 Å². The topological polar surface area (TPSA) is 60.9 Å². The Bertz CT molecular complexity index is 1130. The van der Waals surface area contributed by atoms with Crippen LogP contribution in [0.2, 0.25) is 0 Å². The van der Waals surface area contributed by atoms with Gasteiger partial charge in [-0.05, 0) is 92.0 Å². The van der Waals surface area contributed by atoms with Gasteiger partial charge >= 0.3 is 0 Å². The van der Waals surface area contributed by atoms with E-state index < -0.39 is 0 Å². The normalized spacial score (nSPS) is 27.3. The number of piperidine rings is 2. The van der Waals surface area contributed by atoms with Crippen molar-refractivity contribution in [1.82, 2.24) is 34.8 Å². The summed E-state index contributed by atoms with van der Waals surface area (Å²) in [6.07, 6.45) is 4.67. The first kappa shape index (κ1) is 29.4. The molecule has 4 aliphatic rings. The van der Waals surface area contributed by atoms with E-state index in [1.54, 1.807) is 7.11 Å². The molecule has 4 atom stereocenters. The van der Waals surface area contributed by atoms with Gasteiger partial charge < -0.3 is 4.74 Å². The lowest BCUT2D eigenvalue weighted by molar-refractivity contribution is -0.100. The van der Waals surface area contributed by atoms with Crippen LogP contribution >= 0.6 is 0 Å². The molecule has 0 spiro atoms. The average molecular weight is 550 g/mol. The Morgan fingerprint density at radius 3 is 1.73 bits per heavy atom. The molecule has 4 saturated heterocycles. The molecule has 2 aromatic heterocycles. The maximum absolute atomic E-state index is 5.24. The molecule has 8 heteroatoms. The third-order valence-electron chi connectivity index (χ3n) is 9.43. The number of nitrogens with zero attached hydrogens (tertiary/aromatic N) is 7. The van der Waals surface area contributed by atoms with Crippen LogP contribution in [0.25, 0.3) is 0 Å². The predicted octanol–water partition coefficient (Wildman–Crippen LogP) is 4.30. The van der Waals surface area contributed by atoms with Gasteiger partial charge in [0.25, 0.3) is 0 Å². The number of aromatic nitrogens is 3. The molecule has 4 bridgehead atoms. The fourth-order valence-electron chi connectivity index (χ4n) is 6.82. The molecule has 0 amide bonds.